The molecule has 194 valence electrons. The molecule has 0 amide bonds. The van der Waals surface area contributed by atoms with Crippen LogP contribution in [0.15, 0.2) is 24.3 Å². The lowest BCUT2D eigenvalue weighted by Gasteiger charge is -2.30. The first kappa shape index (κ1) is 25.1. The Bertz CT molecular complexity index is 1090. The molecular formula is C28H36FN3O4. The lowest BCUT2D eigenvalue weighted by molar-refractivity contribution is -0.143. The van der Waals surface area contributed by atoms with E-state index in [2.05, 4.69) is 17.4 Å². The molecule has 1 fully saturated rings. The third kappa shape index (κ3) is 5.71. The molecule has 2 aromatic rings. The van der Waals surface area contributed by atoms with Gasteiger partial charge in [-0.25, -0.2) is 9.37 Å². The van der Waals surface area contributed by atoms with E-state index in [1.165, 1.54) is 17.7 Å². The maximum absolute atomic E-state index is 14.4. The average Bonchev–Trinajstić information content (AvgIpc) is 3.32. The molecule has 3 aliphatic heterocycles. The molecule has 36 heavy (non-hydrogen) atoms. The van der Waals surface area contributed by atoms with Gasteiger partial charge in [-0.15, -0.1) is 0 Å². The van der Waals surface area contributed by atoms with Crippen molar-refractivity contribution in [3.8, 4) is 0 Å². The van der Waals surface area contributed by atoms with Crippen molar-refractivity contribution >= 4 is 11.8 Å². The number of nitrogens with zero attached hydrogens (tertiary/aromatic N) is 2. The van der Waals surface area contributed by atoms with Gasteiger partial charge in [0.25, 0.3) is 0 Å². The summed E-state index contributed by atoms with van der Waals surface area (Å²) in [7, 11) is 0. The van der Waals surface area contributed by atoms with Crippen molar-refractivity contribution in [3.05, 3.63) is 58.0 Å². The molecule has 1 saturated heterocycles. The summed E-state index contributed by atoms with van der Waals surface area (Å²) in [6, 6.07) is 6.31. The third-order valence-corrected chi connectivity index (χ3v) is 7.56. The molecule has 0 aliphatic carbocycles. The fourth-order valence-corrected chi connectivity index (χ4v) is 5.69. The summed E-state index contributed by atoms with van der Waals surface area (Å²) in [5.41, 5.74) is 4.64. The van der Waals surface area contributed by atoms with Crippen molar-refractivity contribution in [2.75, 3.05) is 31.6 Å². The van der Waals surface area contributed by atoms with Gasteiger partial charge in [-0.3, -0.25) is 9.69 Å². The van der Waals surface area contributed by atoms with Gasteiger partial charge in [0.2, 0.25) is 0 Å². The maximum atomic E-state index is 14.4. The molecule has 0 radical (unpaired) electrons. The molecule has 3 aliphatic rings. The first-order valence-electron chi connectivity index (χ1n) is 13.2. The fourth-order valence-electron chi connectivity index (χ4n) is 5.69. The van der Waals surface area contributed by atoms with E-state index in [0.717, 1.165) is 67.7 Å². The zero-order valence-electron chi connectivity index (χ0n) is 21.0. The number of ether oxygens (including phenoxy) is 2. The highest BCUT2D eigenvalue weighted by Gasteiger charge is 2.36. The van der Waals surface area contributed by atoms with E-state index < -0.39 is 17.8 Å². The van der Waals surface area contributed by atoms with Gasteiger partial charge < -0.3 is 19.9 Å². The molecule has 2 N–H and O–H groups in total. The summed E-state index contributed by atoms with van der Waals surface area (Å²) in [6.45, 7) is 5.07. The lowest BCUT2D eigenvalue weighted by atomic mass is 9.90. The molecule has 7 nitrogen and oxygen atoms in total. The highest BCUT2D eigenvalue weighted by molar-refractivity contribution is 5.76. The summed E-state index contributed by atoms with van der Waals surface area (Å²) in [5, 5.41) is 13.5. The van der Waals surface area contributed by atoms with E-state index in [1.54, 1.807) is 0 Å². The molecule has 1 aromatic heterocycles. The number of pyridine rings is 1. The zero-order valence-corrected chi connectivity index (χ0v) is 21.0. The van der Waals surface area contributed by atoms with E-state index in [-0.39, 0.29) is 12.2 Å². The number of aliphatic carboxylic acids is 1. The number of carboxylic acid groups (broad SMARTS) is 1. The van der Waals surface area contributed by atoms with Crippen molar-refractivity contribution in [1.29, 1.82) is 0 Å². The minimum atomic E-state index is -0.949. The van der Waals surface area contributed by atoms with Crippen LogP contribution in [0.4, 0.5) is 10.2 Å². The molecule has 0 bridgehead atoms. The molecule has 0 spiro atoms. The summed E-state index contributed by atoms with van der Waals surface area (Å²) in [5.74, 6) is -0.324. The molecule has 0 saturated carbocycles. The smallest absolute Gasteiger partial charge is 0.325 e. The third-order valence-electron chi connectivity index (χ3n) is 7.56. The SMILES string of the molecule is CC1Cc2c(cc(F)cc2C(C(=O)O)N2CC[C@@H](OCCCCc3ccc4c(n3)NCCC4)C2)CO1. The van der Waals surface area contributed by atoms with E-state index in [1.807, 2.05) is 11.8 Å². The highest BCUT2D eigenvalue weighted by Crippen LogP contribution is 2.34. The van der Waals surface area contributed by atoms with Gasteiger partial charge in [0.15, 0.2) is 0 Å². The van der Waals surface area contributed by atoms with E-state index in [9.17, 15) is 14.3 Å². The molecule has 1 aromatic carbocycles. The van der Waals surface area contributed by atoms with E-state index in [0.29, 0.717) is 38.3 Å². The first-order valence-corrected chi connectivity index (χ1v) is 13.2. The van der Waals surface area contributed by atoms with Crippen LogP contribution >= 0.6 is 0 Å². The molecule has 8 heteroatoms. The second-order valence-corrected chi connectivity index (χ2v) is 10.3. The molecular weight excluding hydrogens is 461 g/mol. The molecule has 4 heterocycles. The molecule has 2 unspecified atom stereocenters. The Morgan fingerprint density at radius 1 is 1.33 bits per heavy atom. The fraction of sp³-hybridized carbons (Fsp3) is 0.571. The van der Waals surface area contributed by atoms with Gasteiger partial charge in [-0.05, 0) is 92.3 Å². The van der Waals surface area contributed by atoms with E-state index in [4.69, 9.17) is 14.5 Å². The predicted octanol–water partition coefficient (Wildman–Crippen LogP) is 4.28. The Labute approximate surface area is 212 Å². The number of rotatable bonds is 9. The number of aryl methyl sites for hydroxylation is 2. The van der Waals surface area contributed by atoms with Crippen molar-refractivity contribution in [2.24, 2.45) is 0 Å². The number of hydrogen-bond donors (Lipinski definition) is 2. The number of halogens is 1. The number of fused-ring (bicyclic) bond motifs is 2. The predicted molar refractivity (Wildman–Crippen MR) is 135 cm³/mol. The average molecular weight is 498 g/mol. The number of likely N-dealkylation sites (tertiary alicyclic amines) is 1. The van der Waals surface area contributed by atoms with Gasteiger partial charge in [0.05, 0.1) is 18.8 Å². The van der Waals surface area contributed by atoms with Gasteiger partial charge in [-0.1, -0.05) is 6.07 Å². The largest absolute Gasteiger partial charge is 0.480 e. The van der Waals surface area contributed by atoms with Gasteiger partial charge >= 0.3 is 5.97 Å². The Hall–Kier alpha value is -2.55. The summed E-state index contributed by atoms with van der Waals surface area (Å²) < 4.78 is 26.2. The van der Waals surface area contributed by atoms with Crippen molar-refractivity contribution < 1.29 is 23.8 Å². The molecule has 5 rings (SSSR count). The Kier molecular flexibility index (Phi) is 7.84. The van der Waals surface area contributed by atoms with Gasteiger partial charge in [-0.2, -0.15) is 0 Å². The van der Waals surface area contributed by atoms with Crippen LogP contribution in [0, 0.1) is 5.82 Å². The second kappa shape index (κ2) is 11.2. The Balaban J connectivity index is 1.13. The number of carbonyl (C=O) groups is 1. The van der Waals surface area contributed by atoms with Crippen LogP contribution in [0.3, 0.4) is 0 Å². The van der Waals surface area contributed by atoms with Crippen molar-refractivity contribution in [1.82, 2.24) is 9.88 Å². The number of nitrogens with one attached hydrogen (secondary N) is 1. The monoisotopic (exact) mass is 497 g/mol. The summed E-state index contributed by atoms with van der Waals surface area (Å²) in [4.78, 5) is 19.0. The zero-order chi connectivity index (χ0) is 25.1. The summed E-state index contributed by atoms with van der Waals surface area (Å²) in [6.07, 6.45) is 6.45. The maximum Gasteiger partial charge on any atom is 0.325 e. The van der Waals surface area contributed by atoms with E-state index >= 15 is 0 Å². The Morgan fingerprint density at radius 3 is 3.08 bits per heavy atom. The van der Waals surface area contributed by atoms with Gasteiger partial charge in [0, 0.05) is 31.9 Å². The normalized spacial score (nSPS) is 22.5. The topological polar surface area (TPSA) is 83.9 Å². The van der Waals surface area contributed by atoms with Crippen LogP contribution < -0.4 is 5.32 Å². The molecule has 3 atom stereocenters. The number of hydrogen-bond acceptors (Lipinski definition) is 6. The minimum Gasteiger partial charge on any atom is -0.480 e. The van der Waals surface area contributed by atoms with Crippen molar-refractivity contribution in [3.63, 3.8) is 0 Å². The van der Waals surface area contributed by atoms with Crippen molar-refractivity contribution in [2.45, 2.75) is 76.7 Å². The number of benzene rings is 1. The Morgan fingerprint density at radius 2 is 2.22 bits per heavy atom. The van der Waals surface area contributed by atoms with Crippen LogP contribution in [0.2, 0.25) is 0 Å². The lowest BCUT2D eigenvalue weighted by Crippen LogP contribution is -2.35. The minimum absolute atomic E-state index is 0.00966. The highest BCUT2D eigenvalue weighted by atomic mass is 19.1. The summed E-state index contributed by atoms with van der Waals surface area (Å²) >= 11 is 0. The first-order chi connectivity index (χ1) is 17.5. The van der Waals surface area contributed by atoms with Crippen LogP contribution in [-0.4, -0.2) is 59.4 Å². The van der Waals surface area contributed by atoms with Crippen LogP contribution in [0.25, 0.3) is 0 Å². The van der Waals surface area contributed by atoms with Crippen LogP contribution in [-0.2, 0) is 40.1 Å². The number of carboxylic acids is 1. The number of unbranched alkanes of at least 4 members (excludes halogenated alkanes) is 1. The second-order valence-electron chi connectivity index (χ2n) is 10.3. The quantitative estimate of drug-likeness (QED) is 0.501. The van der Waals surface area contributed by atoms with Crippen LogP contribution in [0.5, 0.6) is 0 Å². The van der Waals surface area contributed by atoms with Crippen LogP contribution in [0.1, 0.15) is 66.6 Å². The standard InChI is InChI=1S/C28H36FN3O4/c1-18-13-24-20(17-36-18)14-21(29)15-25(24)26(28(33)34)32-11-9-23(16-32)35-12-3-2-6-22-8-7-19-5-4-10-30-27(19)31-22/h7-8,14-15,18,23,26H,2-6,9-13,16-17H2,1H3,(H,30,31)(H,33,34)/t18?,23-,26?/m1/s1. The number of anilines is 1. The number of aromatic nitrogens is 1. The van der Waals surface area contributed by atoms with Gasteiger partial charge in [0.1, 0.15) is 17.7 Å².